The van der Waals surface area contributed by atoms with Crippen molar-refractivity contribution in [3.05, 3.63) is 42.5 Å². The number of nitrogens with zero attached hydrogens (tertiary/aromatic N) is 2. The lowest BCUT2D eigenvalue weighted by molar-refractivity contribution is -0.142. The third-order valence-electron chi connectivity index (χ3n) is 10.8. The van der Waals surface area contributed by atoms with Crippen LogP contribution in [0.4, 0.5) is 4.79 Å². The van der Waals surface area contributed by atoms with E-state index in [0.717, 1.165) is 11.8 Å². The number of carboxylic acid groups (broad SMARTS) is 1. The fourth-order valence-corrected chi connectivity index (χ4v) is 8.73. The van der Waals surface area contributed by atoms with E-state index in [1.54, 1.807) is 13.0 Å². The van der Waals surface area contributed by atoms with Crippen LogP contribution < -0.4 is 24.8 Å². The third kappa shape index (κ3) is 7.69. The molecule has 3 heterocycles. The van der Waals surface area contributed by atoms with Crippen LogP contribution in [0.1, 0.15) is 79.6 Å². The average Bonchev–Trinajstić information content (AvgIpc) is 3.94. The fraction of sp³-hybridized carbons (Fsp3) is 0.595. The number of ether oxygens (including phenoxy) is 2. The lowest BCUT2D eigenvalue weighted by Gasteiger charge is -2.32. The molecule has 6 rings (SSSR count). The maximum absolute atomic E-state index is 14.4. The van der Waals surface area contributed by atoms with Gasteiger partial charge >= 0.3 is 6.09 Å². The summed E-state index contributed by atoms with van der Waals surface area (Å²) >= 11 is 0. The third-order valence-corrected chi connectivity index (χ3v) is 13.0. The van der Waals surface area contributed by atoms with Gasteiger partial charge in [-0.3, -0.25) is 19.1 Å². The number of benzene rings is 1. The number of rotatable bonds is 8. The van der Waals surface area contributed by atoms with Crippen LogP contribution in [-0.4, -0.2) is 88.3 Å². The van der Waals surface area contributed by atoms with E-state index in [9.17, 15) is 32.7 Å². The number of hydrogen-bond donors (Lipinski definition) is 4. The molecule has 282 valence electrons. The molecule has 0 bridgehead atoms. The van der Waals surface area contributed by atoms with Gasteiger partial charge in [0.1, 0.15) is 23.7 Å². The maximum atomic E-state index is 14.4. The Bertz CT molecular complexity index is 1880. The smallest absolute Gasteiger partial charge is 0.405 e. The van der Waals surface area contributed by atoms with Crippen LogP contribution in [0.3, 0.4) is 0 Å². The Balaban J connectivity index is 1.35. The van der Waals surface area contributed by atoms with E-state index in [2.05, 4.69) is 20.3 Å². The first-order valence-corrected chi connectivity index (χ1v) is 19.6. The number of pyridine rings is 1. The molecular formula is C37H49N5O9S. The van der Waals surface area contributed by atoms with Gasteiger partial charge in [0.05, 0.1) is 17.4 Å². The minimum atomic E-state index is -4.00. The van der Waals surface area contributed by atoms with Crippen molar-refractivity contribution in [1.29, 1.82) is 0 Å². The highest BCUT2D eigenvalue weighted by Gasteiger charge is 2.63. The van der Waals surface area contributed by atoms with Crippen molar-refractivity contribution in [3.8, 4) is 11.8 Å². The lowest BCUT2D eigenvalue weighted by atomic mass is 9.88. The van der Waals surface area contributed by atoms with Gasteiger partial charge in [0.2, 0.25) is 33.6 Å². The number of carbonyl (C=O) groups excluding carboxylic acids is 3. The summed E-state index contributed by atoms with van der Waals surface area (Å²) in [5.41, 5.74) is -1.54. The topological polar surface area (TPSA) is 193 Å². The molecule has 2 aromatic rings. The second-order valence-electron chi connectivity index (χ2n) is 15.5. The minimum Gasteiger partial charge on any atom is -0.475 e. The molecule has 14 nitrogen and oxygen atoms in total. The molecule has 2 aliphatic carbocycles. The molecule has 0 unspecified atom stereocenters. The van der Waals surface area contributed by atoms with Crippen LogP contribution in [0.15, 0.2) is 42.5 Å². The van der Waals surface area contributed by atoms with Gasteiger partial charge in [0, 0.05) is 23.8 Å². The van der Waals surface area contributed by atoms with Gasteiger partial charge in [-0.05, 0) is 82.6 Å². The van der Waals surface area contributed by atoms with Crippen molar-refractivity contribution in [2.24, 2.45) is 17.8 Å². The van der Waals surface area contributed by atoms with Crippen LogP contribution >= 0.6 is 0 Å². The van der Waals surface area contributed by atoms with Crippen LogP contribution in [-0.2, 0) is 24.4 Å². The first-order chi connectivity index (χ1) is 24.5. The molecule has 4 amide bonds. The molecular weight excluding hydrogens is 690 g/mol. The monoisotopic (exact) mass is 739 g/mol. The van der Waals surface area contributed by atoms with E-state index < -0.39 is 74.1 Å². The molecule has 0 spiro atoms. The normalized spacial score (nSPS) is 30.3. The summed E-state index contributed by atoms with van der Waals surface area (Å²) in [5.74, 6) is -2.23. The van der Waals surface area contributed by atoms with Gasteiger partial charge in [-0.15, -0.1) is 0 Å². The van der Waals surface area contributed by atoms with E-state index >= 15 is 0 Å². The fourth-order valence-electron chi connectivity index (χ4n) is 7.42. The Morgan fingerprint density at radius 3 is 2.56 bits per heavy atom. The van der Waals surface area contributed by atoms with Crippen molar-refractivity contribution in [2.75, 3.05) is 6.54 Å². The molecule has 0 radical (unpaired) electrons. The summed E-state index contributed by atoms with van der Waals surface area (Å²) < 4.78 is 39.8. The Morgan fingerprint density at radius 1 is 1.13 bits per heavy atom. The van der Waals surface area contributed by atoms with Crippen molar-refractivity contribution in [1.82, 2.24) is 25.2 Å². The molecule has 2 aliphatic heterocycles. The number of nitrogens with one attached hydrogen (secondary N) is 3. The quantitative estimate of drug-likeness (QED) is 0.289. The Labute approximate surface area is 304 Å². The Hall–Kier alpha value is -4.40. The molecule has 2 saturated carbocycles. The van der Waals surface area contributed by atoms with E-state index in [4.69, 9.17) is 9.47 Å². The summed E-state index contributed by atoms with van der Waals surface area (Å²) in [6.45, 7) is 9.11. The SMILES string of the molecule is CC(C)Oc1cc2ccccc2c(O[C@@H]2C[C@H]3C(=O)N[C@]4(C(=O)NS(=O)(=O)C5(C)CC5)C[C@H]4C=CCC[C@H](C)C[C@@H](C)[C@H](NC(=O)O)C(=O)N3C2)n1. The predicted octanol–water partition coefficient (Wildman–Crippen LogP) is 3.89. The van der Waals surface area contributed by atoms with Gasteiger partial charge in [0.15, 0.2) is 0 Å². The zero-order chi connectivity index (χ0) is 37.6. The van der Waals surface area contributed by atoms with Crippen molar-refractivity contribution >= 4 is 44.6 Å². The predicted molar refractivity (Wildman–Crippen MR) is 192 cm³/mol. The summed E-state index contributed by atoms with van der Waals surface area (Å²) in [7, 11) is -4.00. The highest BCUT2D eigenvalue weighted by Crippen LogP contribution is 2.47. The van der Waals surface area contributed by atoms with E-state index in [1.165, 1.54) is 4.90 Å². The first kappa shape index (κ1) is 37.4. The van der Waals surface area contributed by atoms with Crippen molar-refractivity contribution in [2.45, 2.75) is 114 Å². The van der Waals surface area contributed by atoms with E-state index in [0.29, 0.717) is 36.9 Å². The van der Waals surface area contributed by atoms with Gasteiger partial charge in [-0.25, -0.2) is 13.2 Å². The minimum absolute atomic E-state index is 0.00198. The van der Waals surface area contributed by atoms with Crippen molar-refractivity contribution < 1.29 is 42.2 Å². The largest absolute Gasteiger partial charge is 0.475 e. The molecule has 15 heteroatoms. The van der Waals surface area contributed by atoms with Crippen LogP contribution in [0, 0.1) is 17.8 Å². The molecule has 1 saturated heterocycles. The second kappa shape index (κ2) is 14.2. The molecule has 4 aliphatic rings. The van der Waals surface area contributed by atoms with E-state index in [-0.39, 0.29) is 37.3 Å². The summed E-state index contributed by atoms with van der Waals surface area (Å²) in [4.78, 5) is 60.5. The Morgan fingerprint density at radius 2 is 1.87 bits per heavy atom. The van der Waals surface area contributed by atoms with Gasteiger partial charge in [-0.2, -0.15) is 4.98 Å². The van der Waals surface area contributed by atoms with E-state index in [1.807, 2.05) is 64.1 Å². The molecule has 3 fully saturated rings. The Kier molecular flexibility index (Phi) is 10.2. The van der Waals surface area contributed by atoms with Crippen LogP contribution in [0.5, 0.6) is 11.8 Å². The second-order valence-corrected chi connectivity index (χ2v) is 17.7. The number of allylic oxidation sites excluding steroid dienone is 1. The van der Waals surface area contributed by atoms with Crippen LogP contribution in [0.2, 0.25) is 0 Å². The molecule has 52 heavy (non-hydrogen) atoms. The summed E-state index contributed by atoms with van der Waals surface area (Å²) in [6.07, 6.45) is 4.47. The summed E-state index contributed by atoms with van der Waals surface area (Å²) in [6, 6.07) is 6.93. The molecule has 1 aromatic heterocycles. The number of hydrogen-bond acceptors (Lipinski definition) is 9. The zero-order valence-electron chi connectivity index (χ0n) is 30.3. The van der Waals surface area contributed by atoms with Crippen LogP contribution in [0.25, 0.3) is 10.8 Å². The number of carbonyl (C=O) groups is 4. The number of sulfonamides is 1. The number of amides is 4. The zero-order valence-corrected chi connectivity index (χ0v) is 31.1. The van der Waals surface area contributed by atoms with Crippen molar-refractivity contribution in [3.63, 3.8) is 0 Å². The molecule has 4 N–H and O–H groups in total. The lowest BCUT2D eigenvalue weighted by Crippen LogP contribution is -2.59. The highest BCUT2D eigenvalue weighted by atomic mass is 32.2. The van der Waals surface area contributed by atoms with Gasteiger partial charge < -0.3 is 30.1 Å². The molecule has 1 aromatic carbocycles. The van der Waals surface area contributed by atoms with Gasteiger partial charge in [-0.1, -0.05) is 44.2 Å². The average molecular weight is 740 g/mol. The van der Waals surface area contributed by atoms with Gasteiger partial charge in [0.25, 0.3) is 5.91 Å². The summed E-state index contributed by atoms with van der Waals surface area (Å²) in [5, 5.41) is 16.6. The number of aromatic nitrogens is 1. The molecule has 7 atom stereocenters. The number of fused-ring (bicyclic) bond motifs is 3. The first-order valence-electron chi connectivity index (χ1n) is 18.1. The maximum Gasteiger partial charge on any atom is 0.405 e. The standard InChI is InChI=1S/C37H49N5O9S/c1-21(2)50-29-17-24-11-7-9-13-27(24)32(38-29)51-26-18-28-31(43)40-37(34(45)41-52(48,49)36(5)14-15-36)19-25(37)12-8-6-10-22(3)16-23(4)30(39-35(46)47)33(44)42(28)20-26/h7-9,11-13,17,21-23,25-26,28,30,39H,6,10,14-16,18-20H2,1-5H3,(H,40,43)(H,41,45)(H,46,47)/t22-,23+,25+,26+,28-,30-,37+/m0/s1. The highest BCUT2D eigenvalue weighted by molar-refractivity contribution is 7.91.